The van der Waals surface area contributed by atoms with E-state index in [9.17, 15) is 14.4 Å². The first-order valence-electron chi connectivity index (χ1n) is 20.0. The number of hydrogen-bond donors (Lipinski definition) is 2. The maximum Gasteiger partial charge on any atom is 0.415 e. The summed E-state index contributed by atoms with van der Waals surface area (Å²) in [5.41, 5.74) is 3.65. The van der Waals surface area contributed by atoms with Gasteiger partial charge in [-0.15, -0.1) is 0 Å². The molecule has 0 atom stereocenters. The summed E-state index contributed by atoms with van der Waals surface area (Å²) in [7, 11) is 0. The maximum atomic E-state index is 13.3. The molecular formula is C48H50N4O5S. The summed E-state index contributed by atoms with van der Waals surface area (Å²) in [6, 6.07) is 39.6. The maximum absolute atomic E-state index is 13.3. The van der Waals surface area contributed by atoms with E-state index in [2.05, 4.69) is 35.8 Å². The number of thiocarbonyl (C=S) groups is 1. The summed E-state index contributed by atoms with van der Waals surface area (Å²) < 4.78 is 11.5. The van der Waals surface area contributed by atoms with Crippen LogP contribution < -0.4 is 20.1 Å². The van der Waals surface area contributed by atoms with Gasteiger partial charge >= 0.3 is 6.09 Å². The monoisotopic (exact) mass is 794 g/mol. The van der Waals surface area contributed by atoms with Crippen LogP contribution >= 0.6 is 12.2 Å². The van der Waals surface area contributed by atoms with Gasteiger partial charge in [0, 0.05) is 54.1 Å². The van der Waals surface area contributed by atoms with Gasteiger partial charge < -0.3 is 29.9 Å². The number of fused-ring (bicyclic) bond motifs is 2. The zero-order valence-electron chi connectivity index (χ0n) is 33.3. The van der Waals surface area contributed by atoms with Gasteiger partial charge in [0.05, 0.1) is 0 Å². The number of rotatable bonds is 16. The van der Waals surface area contributed by atoms with Crippen LogP contribution in [0.4, 0.5) is 16.2 Å². The summed E-state index contributed by atoms with van der Waals surface area (Å²) in [6.07, 6.45) is 4.04. The summed E-state index contributed by atoms with van der Waals surface area (Å²) in [4.78, 5) is 43.0. The molecule has 0 aliphatic rings. The Labute approximate surface area is 345 Å². The highest BCUT2D eigenvalue weighted by Gasteiger charge is 2.17. The lowest BCUT2D eigenvalue weighted by Crippen LogP contribution is -2.35. The Morgan fingerprint density at radius 2 is 1.21 bits per heavy atom. The van der Waals surface area contributed by atoms with Gasteiger partial charge in [-0.3, -0.25) is 9.59 Å². The van der Waals surface area contributed by atoms with Crippen molar-refractivity contribution >= 4 is 68.2 Å². The average Bonchev–Trinajstić information content (AvgIpc) is 3.24. The van der Waals surface area contributed by atoms with Crippen molar-refractivity contribution in [3.05, 3.63) is 144 Å². The van der Waals surface area contributed by atoms with Crippen molar-refractivity contribution in [3.63, 3.8) is 0 Å². The van der Waals surface area contributed by atoms with Gasteiger partial charge in [-0.2, -0.15) is 0 Å². The first-order valence-corrected chi connectivity index (χ1v) is 20.4. The van der Waals surface area contributed by atoms with Crippen LogP contribution in [0.5, 0.6) is 11.5 Å². The minimum atomic E-state index is -0.392. The molecule has 0 aromatic heterocycles. The second-order valence-corrected chi connectivity index (χ2v) is 14.4. The molecule has 0 heterocycles. The van der Waals surface area contributed by atoms with Gasteiger partial charge in [-0.25, -0.2) is 4.79 Å². The third-order valence-electron chi connectivity index (χ3n) is 10.0. The van der Waals surface area contributed by atoms with Crippen molar-refractivity contribution in [2.45, 2.75) is 52.9 Å². The van der Waals surface area contributed by atoms with Gasteiger partial charge in [-0.05, 0) is 140 Å². The highest BCUT2D eigenvalue weighted by atomic mass is 32.1. The second-order valence-electron chi connectivity index (χ2n) is 14.1. The Kier molecular flexibility index (Phi) is 14.4. The van der Waals surface area contributed by atoms with Crippen molar-refractivity contribution < 1.29 is 23.9 Å². The number of nitrogens with one attached hydrogen (secondary N) is 2. The number of amides is 3. The molecule has 3 amide bonds. The molecule has 0 spiro atoms. The molecule has 6 rings (SSSR count). The van der Waals surface area contributed by atoms with Crippen LogP contribution in [0.3, 0.4) is 0 Å². The number of hydrogen-bond acceptors (Lipinski definition) is 6. The Bertz CT molecular complexity index is 2350. The number of benzene rings is 6. The SMILES string of the molecule is CCCCN(CCCCc1ccc2cc(NC(=O)c3ccc(OC(=S)N(CC)CC)cc3)ccc2c1)C(=O)Oc1ccc(C(=O)Nc2cccc3ccccc23)cc1. The van der Waals surface area contributed by atoms with E-state index in [-0.39, 0.29) is 11.8 Å². The number of carbonyl (C=O) groups excluding carboxylic acids is 3. The molecule has 0 fully saturated rings. The van der Waals surface area contributed by atoms with Crippen molar-refractivity contribution in [2.75, 3.05) is 36.8 Å². The van der Waals surface area contributed by atoms with Gasteiger partial charge in [0.15, 0.2) is 0 Å². The molecule has 2 N–H and O–H groups in total. The first kappa shape index (κ1) is 41.4. The van der Waals surface area contributed by atoms with E-state index in [0.717, 1.165) is 72.4 Å². The second kappa shape index (κ2) is 20.2. The molecule has 0 aliphatic carbocycles. The summed E-state index contributed by atoms with van der Waals surface area (Å²) in [5.74, 6) is 0.539. The Morgan fingerprint density at radius 3 is 1.91 bits per heavy atom. The summed E-state index contributed by atoms with van der Waals surface area (Å²) in [6.45, 7) is 8.86. The van der Waals surface area contributed by atoms with Crippen molar-refractivity contribution in [1.29, 1.82) is 0 Å². The molecule has 6 aromatic carbocycles. The zero-order chi connectivity index (χ0) is 40.9. The normalized spacial score (nSPS) is 10.9. The standard InChI is InChI=1S/C48H50N4O5S/c1-4-7-30-52(47(55)56-41-26-21-37(22-27-41)46(54)50-44-17-12-15-35-14-8-9-16-43(35)44)31-11-10-13-34-18-19-39-33-40(25-20-38(39)32-34)49-45(53)36-23-28-42(29-24-36)57-48(58)51(5-2)6-3/h8-9,12,14-29,32-33H,4-7,10-11,13,30-31H2,1-3H3,(H,49,53)(H,50,54). The molecule has 298 valence electrons. The minimum Gasteiger partial charge on any atom is -0.432 e. The van der Waals surface area contributed by atoms with Gasteiger partial charge in [0.1, 0.15) is 11.5 Å². The fourth-order valence-corrected chi connectivity index (χ4v) is 7.05. The molecule has 0 unspecified atom stereocenters. The Morgan fingerprint density at radius 1 is 0.586 bits per heavy atom. The molecule has 0 aliphatic heterocycles. The largest absolute Gasteiger partial charge is 0.432 e. The molecule has 0 saturated heterocycles. The number of carbonyl (C=O) groups is 3. The lowest BCUT2D eigenvalue weighted by Gasteiger charge is -2.22. The van der Waals surface area contributed by atoms with E-state index in [0.29, 0.717) is 46.6 Å². The van der Waals surface area contributed by atoms with Crippen LogP contribution in [0.25, 0.3) is 21.5 Å². The van der Waals surface area contributed by atoms with E-state index in [1.807, 2.05) is 79.4 Å². The van der Waals surface area contributed by atoms with Crippen LogP contribution in [-0.4, -0.2) is 59.1 Å². The third kappa shape index (κ3) is 11.0. The van der Waals surface area contributed by atoms with Crippen molar-refractivity contribution in [3.8, 4) is 11.5 Å². The van der Waals surface area contributed by atoms with Gasteiger partial charge in [0.25, 0.3) is 17.0 Å². The molecule has 0 saturated carbocycles. The molecule has 10 heteroatoms. The zero-order valence-corrected chi connectivity index (χ0v) is 34.1. The number of ether oxygens (including phenoxy) is 2. The molecule has 9 nitrogen and oxygen atoms in total. The van der Waals surface area contributed by atoms with E-state index in [1.54, 1.807) is 53.4 Å². The molecule has 0 bridgehead atoms. The van der Waals surface area contributed by atoms with Gasteiger partial charge in [-0.1, -0.05) is 74.0 Å². The third-order valence-corrected chi connectivity index (χ3v) is 10.4. The number of aryl methyl sites for hydroxylation is 1. The molecule has 0 radical (unpaired) electrons. The van der Waals surface area contributed by atoms with Gasteiger partial charge in [0.2, 0.25) is 0 Å². The molecule has 6 aromatic rings. The molecular weight excluding hydrogens is 745 g/mol. The highest BCUT2D eigenvalue weighted by molar-refractivity contribution is 7.80. The Hall–Kier alpha value is -6.26. The fraction of sp³-hybridized carbons (Fsp3) is 0.250. The van der Waals surface area contributed by atoms with Crippen LogP contribution in [0.2, 0.25) is 0 Å². The van der Waals surface area contributed by atoms with E-state index >= 15 is 0 Å². The number of unbranched alkanes of at least 4 members (excludes halogenated alkanes) is 2. The summed E-state index contributed by atoms with van der Waals surface area (Å²) in [5, 5.41) is 10.5. The van der Waals surface area contributed by atoms with Crippen LogP contribution in [0.15, 0.2) is 127 Å². The Balaban J connectivity index is 0.971. The van der Waals surface area contributed by atoms with Crippen LogP contribution in [0.1, 0.15) is 72.7 Å². The predicted molar refractivity (Wildman–Crippen MR) is 238 cm³/mol. The number of nitrogens with zero attached hydrogens (tertiary/aromatic N) is 2. The van der Waals surface area contributed by atoms with Crippen molar-refractivity contribution in [1.82, 2.24) is 9.80 Å². The van der Waals surface area contributed by atoms with E-state index in [1.165, 1.54) is 5.56 Å². The minimum absolute atomic E-state index is 0.207. The number of anilines is 2. The summed E-state index contributed by atoms with van der Waals surface area (Å²) >= 11 is 5.37. The average molecular weight is 795 g/mol. The molecule has 58 heavy (non-hydrogen) atoms. The van der Waals surface area contributed by atoms with Crippen LogP contribution in [-0.2, 0) is 6.42 Å². The lowest BCUT2D eigenvalue weighted by atomic mass is 10.0. The highest BCUT2D eigenvalue weighted by Crippen LogP contribution is 2.25. The fourth-order valence-electron chi connectivity index (χ4n) is 6.70. The quantitative estimate of drug-likeness (QED) is 0.0743. The first-order chi connectivity index (χ1) is 28.2. The smallest absolute Gasteiger partial charge is 0.415 e. The predicted octanol–water partition coefficient (Wildman–Crippen LogP) is 11.1. The van der Waals surface area contributed by atoms with Crippen LogP contribution in [0, 0.1) is 0 Å². The van der Waals surface area contributed by atoms with E-state index < -0.39 is 6.09 Å². The topological polar surface area (TPSA) is 100 Å². The van der Waals surface area contributed by atoms with E-state index in [4.69, 9.17) is 21.7 Å². The van der Waals surface area contributed by atoms with Crippen molar-refractivity contribution in [2.24, 2.45) is 0 Å². The lowest BCUT2D eigenvalue weighted by molar-refractivity contribution is 0.101.